The van der Waals surface area contributed by atoms with E-state index in [4.69, 9.17) is 4.74 Å². The van der Waals surface area contributed by atoms with E-state index in [0.717, 1.165) is 49.5 Å². The summed E-state index contributed by atoms with van der Waals surface area (Å²) < 4.78 is 8.12. The van der Waals surface area contributed by atoms with E-state index in [1.165, 1.54) is 0 Å². The fourth-order valence-electron chi connectivity index (χ4n) is 2.58. The molecule has 0 spiro atoms. The van der Waals surface area contributed by atoms with Gasteiger partial charge in [0.25, 0.3) is 0 Å². The topological polar surface area (TPSA) is 33.5 Å². The van der Waals surface area contributed by atoms with Crippen molar-refractivity contribution in [3.8, 4) is 0 Å². The monoisotopic (exact) mass is 330 g/mol. The summed E-state index contributed by atoms with van der Waals surface area (Å²) in [6, 6.07) is 0.575. The first-order valence-electron chi connectivity index (χ1n) is 6.73. The van der Waals surface area contributed by atoms with Crippen molar-refractivity contribution in [2.45, 2.75) is 19.5 Å². The Hall–Kier alpha value is -0.430. The smallest absolute Gasteiger partial charge is 0.0906 e. The van der Waals surface area contributed by atoms with Crippen molar-refractivity contribution in [2.75, 3.05) is 39.9 Å². The third-order valence-electron chi connectivity index (χ3n) is 3.66. The third-order valence-corrected chi connectivity index (χ3v) is 4.32. The summed E-state index contributed by atoms with van der Waals surface area (Å²) in [7, 11) is 3.72. The molecule has 0 bridgehead atoms. The molecule has 0 aromatic carbocycles. The van der Waals surface area contributed by atoms with Gasteiger partial charge in [-0.1, -0.05) is 0 Å². The van der Waals surface area contributed by atoms with Gasteiger partial charge < -0.3 is 4.74 Å². The molecule has 108 valence electrons. The second-order valence-electron chi connectivity index (χ2n) is 5.21. The molecule has 0 radical (unpaired) electrons. The predicted octanol–water partition coefficient (Wildman–Crippen LogP) is 1.34. The lowest BCUT2D eigenvalue weighted by Crippen LogP contribution is -2.52. The molecule has 1 aliphatic heterocycles. The lowest BCUT2D eigenvalue weighted by atomic mass is 10.2. The number of piperazine rings is 1. The maximum Gasteiger partial charge on any atom is 0.0906 e. The average Bonchev–Trinajstić information content (AvgIpc) is 2.67. The standard InChI is InChI=1S/C13H23BrN4O/c1-11-8-17(4-5-18(11)6-7-19-3)10-13-12(14)9-16(2)15-13/h9,11H,4-8,10H2,1-3H3. The summed E-state index contributed by atoms with van der Waals surface area (Å²) in [6.45, 7) is 8.34. The van der Waals surface area contributed by atoms with Gasteiger partial charge in [0.15, 0.2) is 0 Å². The average molecular weight is 331 g/mol. The summed E-state index contributed by atoms with van der Waals surface area (Å²) in [5.74, 6) is 0. The molecular weight excluding hydrogens is 308 g/mol. The van der Waals surface area contributed by atoms with E-state index in [1.807, 2.05) is 17.9 Å². The van der Waals surface area contributed by atoms with Gasteiger partial charge in [-0.25, -0.2) is 0 Å². The molecule has 0 amide bonds. The molecule has 0 N–H and O–H groups in total. The van der Waals surface area contributed by atoms with Crippen LogP contribution in [0.25, 0.3) is 0 Å². The molecule has 1 aromatic rings. The number of ether oxygens (including phenoxy) is 1. The van der Waals surface area contributed by atoms with Gasteiger partial charge >= 0.3 is 0 Å². The van der Waals surface area contributed by atoms with E-state index in [1.54, 1.807) is 7.11 Å². The molecular formula is C13H23BrN4O. The van der Waals surface area contributed by atoms with Crippen molar-refractivity contribution in [1.29, 1.82) is 0 Å². The van der Waals surface area contributed by atoms with E-state index in [2.05, 4.69) is 37.8 Å². The van der Waals surface area contributed by atoms with Gasteiger partial charge in [0.05, 0.1) is 16.8 Å². The normalized spacial score (nSPS) is 22.0. The zero-order valence-corrected chi connectivity index (χ0v) is 13.6. The van der Waals surface area contributed by atoms with Crippen LogP contribution >= 0.6 is 15.9 Å². The lowest BCUT2D eigenvalue weighted by Gasteiger charge is -2.39. The van der Waals surface area contributed by atoms with Crippen LogP contribution in [0.2, 0.25) is 0 Å². The van der Waals surface area contributed by atoms with Crippen LogP contribution in [0.3, 0.4) is 0 Å². The van der Waals surface area contributed by atoms with Crippen molar-refractivity contribution < 1.29 is 4.74 Å². The van der Waals surface area contributed by atoms with E-state index < -0.39 is 0 Å². The minimum Gasteiger partial charge on any atom is -0.383 e. The first kappa shape index (κ1) is 15.0. The van der Waals surface area contributed by atoms with Crippen LogP contribution in [0.4, 0.5) is 0 Å². The van der Waals surface area contributed by atoms with Crippen molar-refractivity contribution in [3.05, 3.63) is 16.4 Å². The van der Waals surface area contributed by atoms with E-state index in [-0.39, 0.29) is 0 Å². The molecule has 1 aromatic heterocycles. The Morgan fingerprint density at radius 2 is 2.26 bits per heavy atom. The van der Waals surface area contributed by atoms with Crippen LogP contribution in [-0.4, -0.2) is 65.5 Å². The number of methoxy groups -OCH3 is 1. The van der Waals surface area contributed by atoms with Crippen LogP contribution in [-0.2, 0) is 18.3 Å². The zero-order valence-electron chi connectivity index (χ0n) is 12.0. The van der Waals surface area contributed by atoms with Crippen molar-refractivity contribution in [2.24, 2.45) is 7.05 Å². The van der Waals surface area contributed by atoms with E-state index in [0.29, 0.717) is 6.04 Å². The fraction of sp³-hybridized carbons (Fsp3) is 0.769. The molecule has 1 aliphatic rings. The lowest BCUT2D eigenvalue weighted by molar-refractivity contribution is 0.0551. The van der Waals surface area contributed by atoms with Gasteiger partial charge in [-0.15, -0.1) is 0 Å². The number of nitrogens with zero attached hydrogens (tertiary/aromatic N) is 4. The second kappa shape index (κ2) is 6.83. The molecule has 0 aliphatic carbocycles. The first-order valence-corrected chi connectivity index (χ1v) is 7.53. The number of aryl methyl sites for hydroxylation is 1. The second-order valence-corrected chi connectivity index (χ2v) is 6.06. The minimum atomic E-state index is 0.575. The zero-order chi connectivity index (χ0) is 13.8. The van der Waals surface area contributed by atoms with Gasteiger partial charge in [0, 0.05) is 59.1 Å². The molecule has 19 heavy (non-hydrogen) atoms. The van der Waals surface area contributed by atoms with E-state index >= 15 is 0 Å². The highest BCUT2D eigenvalue weighted by Gasteiger charge is 2.24. The molecule has 5 nitrogen and oxygen atoms in total. The summed E-state index contributed by atoms with van der Waals surface area (Å²) in [5.41, 5.74) is 1.13. The molecule has 1 fully saturated rings. The maximum atomic E-state index is 5.16. The van der Waals surface area contributed by atoms with Crippen LogP contribution < -0.4 is 0 Å². The minimum absolute atomic E-state index is 0.575. The number of rotatable bonds is 5. The van der Waals surface area contributed by atoms with Gasteiger partial charge in [0.1, 0.15) is 0 Å². The SMILES string of the molecule is COCCN1CCN(Cc2nn(C)cc2Br)CC1C. The first-order chi connectivity index (χ1) is 9.10. The highest BCUT2D eigenvalue weighted by Crippen LogP contribution is 2.18. The molecule has 0 saturated carbocycles. The van der Waals surface area contributed by atoms with Crippen LogP contribution in [0.15, 0.2) is 10.7 Å². The Morgan fingerprint density at radius 3 is 2.84 bits per heavy atom. The van der Waals surface area contributed by atoms with E-state index in [9.17, 15) is 0 Å². The number of hydrogen-bond acceptors (Lipinski definition) is 4. The summed E-state index contributed by atoms with van der Waals surface area (Å²) in [5, 5.41) is 4.49. The van der Waals surface area contributed by atoms with Gasteiger partial charge in [-0.3, -0.25) is 14.5 Å². The van der Waals surface area contributed by atoms with Gasteiger partial charge in [-0.05, 0) is 22.9 Å². The number of hydrogen-bond donors (Lipinski definition) is 0. The van der Waals surface area contributed by atoms with Crippen LogP contribution in [0.1, 0.15) is 12.6 Å². The van der Waals surface area contributed by atoms with Crippen molar-refractivity contribution in [1.82, 2.24) is 19.6 Å². The van der Waals surface area contributed by atoms with Crippen LogP contribution in [0.5, 0.6) is 0 Å². The number of aromatic nitrogens is 2. The fourth-order valence-corrected chi connectivity index (χ4v) is 3.08. The third kappa shape index (κ3) is 4.02. The summed E-state index contributed by atoms with van der Waals surface area (Å²) >= 11 is 3.57. The Balaban J connectivity index is 1.86. The Bertz CT molecular complexity index is 409. The van der Waals surface area contributed by atoms with Gasteiger partial charge in [0.2, 0.25) is 0 Å². The molecule has 6 heteroatoms. The summed E-state index contributed by atoms with van der Waals surface area (Å²) in [6.07, 6.45) is 2.01. The molecule has 1 saturated heterocycles. The Morgan fingerprint density at radius 1 is 1.47 bits per heavy atom. The highest BCUT2D eigenvalue weighted by molar-refractivity contribution is 9.10. The molecule has 1 unspecified atom stereocenters. The van der Waals surface area contributed by atoms with Crippen LogP contribution in [0, 0.1) is 0 Å². The highest BCUT2D eigenvalue weighted by atomic mass is 79.9. The van der Waals surface area contributed by atoms with Crippen molar-refractivity contribution in [3.63, 3.8) is 0 Å². The largest absolute Gasteiger partial charge is 0.383 e. The molecule has 2 heterocycles. The maximum absolute atomic E-state index is 5.16. The summed E-state index contributed by atoms with van der Waals surface area (Å²) in [4.78, 5) is 4.97. The molecule has 1 atom stereocenters. The van der Waals surface area contributed by atoms with Gasteiger partial charge in [-0.2, -0.15) is 5.10 Å². The quantitative estimate of drug-likeness (QED) is 0.815. The van der Waals surface area contributed by atoms with Crippen molar-refractivity contribution >= 4 is 15.9 Å². The predicted molar refractivity (Wildman–Crippen MR) is 79.1 cm³/mol. The Kier molecular flexibility index (Phi) is 5.38. The molecule has 2 rings (SSSR count). The number of halogens is 1. The Labute approximate surface area is 123 Å².